The molecule has 5 nitrogen and oxygen atoms in total. The predicted octanol–water partition coefficient (Wildman–Crippen LogP) is 1.74. The monoisotopic (exact) mass is 269 g/mol. The first kappa shape index (κ1) is 14.3. The van der Waals surface area contributed by atoms with E-state index in [1.54, 1.807) is 0 Å². The second-order valence-electron chi connectivity index (χ2n) is 7.03. The Labute approximate surface area is 113 Å². The van der Waals surface area contributed by atoms with Crippen LogP contribution in [0.4, 0.5) is 4.79 Å². The highest BCUT2D eigenvalue weighted by Crippen LogP contribution is 2.51. The van der Waals surface area contributed by atoms with Crippen molar-refractivity contribution in [1.82, 2.24) is 4.90 Å². The summed E-state index contributed by atoms with van der Waals surface area (Å²) in [5.74, 6) is -0.193. The van der Waals surface area contributed by atoms with E-state index in [4.69, 9.17) is 5.11 Å². The second kappa shape index (κ2) is 4.47. The summed E-state index contributed by atoms with van der Waals surface area (Å²) in [4.78, 5) is 25.0. The Morgan fingerprint density at radius 1 is 1.32 bits per heavy atom. The molecule has 2 rings (SSSR count). The molecule has 1 aliphatic carbocycles. The van der Waals surface area contributed by atoms with Gasteiger partial charge >= 0.3 is 6.09 Å². The fraction of sp³-hybridized carbons (Fsp3) is 0.857. The number of ketones is 1. The molecular formula is C14H23NO4. The van der Waals surface area contributed by atoms with E-state index in [0.29, 0.717) is 32.4 Å². The van der Waals surface area contributed by atoms with Gasteiger partial charge in [0.1, 0.15) is 5.78 Å². The van der Waals surface area contributed by atoms with Gasteiger partial charge in [0.25, 0.3) is 0 Å². The number of carboxylic acid groups (broad SMARTS) is 1. The summed E-state index contributed by atoms with van der Waals surface area (Å²) in [5.41, 5.74) is -0.743. The van der Waals surface area contributed by atoms with Gasteiger partial charge in [-0.05, 0) is 24.7 Å². The lowest BCUT2D eigenvalue weighted by Crippen LogP contribution is -2.45. The van der Waals surface area contributed by atoms with Crippen LogP contribution >= 0.6 is 0 Å². The minimum Gasteiger partial charge on any atom is -0.465 e. The maximum absolute atomic E-state index is 12.7. The molecule has 1 amide bonds. The topological polar surface area (TPSA) is 77.8 Å². The molecular weight excluding hydrogens is 246 g/mol. The van der Waals surface area contributed by atoms with Crippen LogP contribution in [0.2, 0.25) is 0 Å². The van der Waals surface area contributed by atoms with Gasteiger partial charge in [0, 0.05) is 24.4 Å². The van der Waals surface area contributed by atoms with Crippen LogP contribution in [0.15, 0.2) is 0 Å². The molecule has 1 aliphatic heterocycles. The van der Waals surface area contributed by atoms with E-state index in [9.17, 15) is 14.7 Å². The van der Waals surface area contributed by atoms with Gasteiger partial charge in [-0.25, -0.2) is 4.79 Å². The van der Waals surface area contributed by atoms with Crippen LogP contribution in [-0.4, -0.2) is 46.2 Å². The van der Waals surface area contributed by atoms with Crippen LogP contribution in [0, 0.1) is 16.7 Å². The smallest absolute Gasteiger partial charge is 0.407 e. The van der Waals surface area contributed by atoms with Gasteiger partial charge in [0.2, 0.25) is 0 Å². The zero-order valence-electron chi connectivity index (χ0n) is 11.8. The number of rotatable bonds is 0. The molecule has 0 bridgehead atoms. The Balaban J connectivity index is 2.16. The number of carbonyl (C=O) groups excluding carboxylic acids is 1. The molecule has 0 aromatic rings. The number of carbonyl (C=O) groups is 2. The summed E-state index contributed by atoms with van der Waals surface area (Å²) >= 11 is 0. The molecule has 1 saturated heterocycles. The standard InChI is InChI=1S/C14H23NO4/c1-13(2,3)10-9(16)8-14(11(10)17)4-6-15(7-5-14)12(18)19/h9-10,16H,4-8H2,1-3H3,(H,18,19)/t9?,10-/m1/s1. The number of amides is 1. The fourth-order valence-corrected chi connectivity index (χ4v) is 3.67. The van der Waals surface area contributed by atoms with Crippen molar-refractivity contribution in [2.45, 2.75) is 46.1 Å². The Bertz CT molecular complexity index is 391. The average Bonchev–Trinajstić information content (AvgIpc) is 2.50. The minimum absolute atomic E-state index is 0.137. The molecule has 1 saturated carbocycles. The third-order valence-corrected chi connectivity index (χ3v) is 4.71. The average molecular weight is 269 g/mol. The Morgan fingerprint density at radius 3 is 2.21 bits per heavy atom. The normalized spacial score (nSPS) is 30.9. The molecule has 1 spiro atoms. The van der Waals surface area contributed by atoms with Crippen molar-refractivity contribution < 1.29 is 19.8 Å². The van der Waals surface area contributed by atoms with Crippen molar-refractivity contribution in [2.24, 2.45) is 16.7 Å². The van der Waals surface area contributed by atoms with E-state index in [-0.39, 0.29) is 17.1 Å². The summed E-state index contributed by atoms with van der Waals surface area (Å²) in [5, 5.41) is 19.2. The van der Waals surface area contributed by atoms with Crippen molar-refractivity contribution in [1.29, 1.82) is 0 Å². The minimum atomic E-state index is -0.923. The summed E-state index contributed by atoms with van der Waals surface area (Å²) in [6.45, 7) is 6.72. The van der Waals surface area contributed by atoms with E-state index >= 15 is 0 Å². The lowest BCUT2D eigenvalue weighted by molar-refractivity contribution is -0.134. The molecule has 19 heavy (non-hydrogen) atoms. The van der Waals surface area contributed by atoms with Crippen molar-refractivity contribution in [3.63, 3.8) is 0 Å². The number of likely N-dealkylation sites (tertiary alicyclic amines) is 1. The van der Waals surface area contributed by atoms with E-state index in [1.165, 1.54) is 4.90 Å². The number of piperidine rings is 1. The highest BCUT2D eigenvalue weighted by Gasteiger charge is 2.56. The molecule has 1 heterocycles. The summed E-state index contributed by atoms with van der Waals surface area (Å²) < 4.78 is 0. The molecule has 5 heteroatoms. The Morgan fingerprint density at radius 2 is 1.84 bits per heavy atom. The highest BCUT2D eigenvalue weighted by atomic mass is 16.4. The van der Waals surface area contributed by atoms with E-state index in [2.05, 4.69) is 0 Å². The molecule has 2 fully saturated rings. The molecule has 0 radical (unpaired) electrons. The Kier molecular flexibility index (Phi) is 3.37. The van der Waals surface area contributed by atoms with Gasteiger partial charge in [-0.2, -0.15) is 0 Å². The zero-order valence-corrected chi connectivity index (χ0v) is 11.8. The Hall–Kier alpha value is -1.10. The zero-order chi connectivity index (χ0) is 14.4. The highest BCUT2D eigenvalue weighted by molar-refractivity contribution is 5.90. The lowest BCUT2D eigenvalue weighted by Gasteiger charge is -2.37. The number of hydrogen-bond donors (Lipinski definition) is 2. The SMILES string of the molecule is CC(C)(C)[C@H]1C(=O)C2(CCN(C(=O)O)CC2)CC1O. The van der Waals surface area contributed by atoms with Gasteiger partial charge in [-0.3, -0.25) is 4.79 Å². The van der Waals surface area contributed by atoms with Crippen LogP contribution in [0.5, 0.6) is 0 Å². The van der Waals surface area contributed by atoms with Crippen molar-refractivity contribution in [3.05, 3.63) is 0 Å². The molecule has 0 aromatic carbocycles. The molecule has 0 aromatic heterocycles. The second-order valence-corrected chi connectivity index (χ2v) is 7.03. The van der Waals surface area contributed by atoms with Gasteiger partial charge in [-0.15, -0.1) is 0 Å². The predicted molar refractivity (Wildman–Crippen MR) is 69.8 cm³/mol. The van der Waals surface area contributed by atoms with Crippen molar-refractivity contribution >= 4 is 11.9 Å². The van der Waals surface area contributed by atoms with E-state index in [0.717, 1.165) is 0 Å². The number of nitrogens with zero attached hydrogens (tertiary/aromatic N) is 1. The molecule has 108 valence electrons. The van der Waals surface area contributed by atoms with Gasteiger partial charge in [0.05, 0.1) is 6.10 Å². The fourth-order valence-electron chi connectivity index (χ4n) is 3.67. The van der Waals surface area contributed by atoms with Gasteiger partial charge in [-0.1, -0.05) is 20.8 Å². The van der Waals surface area contributed by atoms with Crippen molar-refractivity contribution in [3.8, 4) is 0 Å². The van der Waals surface area contributed by atoms with Gasteiger partial charge < -0.3 is 15.1 Å². The van der Waals surface area contributed by atoms with Crippen molar-refractivity contribution in [2.75, 3.05) is 13.1 Å². The number of aliphatic hydroxyl groups is 1. The molecule has 2 aliphatic rings. The van der Waals surface area contributed by atoms with E-state index < -0.39 is 17.6 Å². The number of Topliss-reactive ketones (excluding diaryl/α,β-unsaturated/α-hetero) is 1. The molecule has 2 atom stereocenters. The van der Waals surface area contributed by atoms with Gasteiger partial charge in [0.15, 0.2) is 0 Å². The number of aliphatic hydroxyl groups excluding tert-OH is 1. The summed E-state index contributed by atoms with van der Waals surface area (Å²) in [7, 11) is 0. The van der Waals surface area contributed by atoms with Crippen LogP contribution in [0.3, 0.4) is 0 Å². The first-order chi connectivity index (χ1) is 8.67. The molecule has 2 N–H and O–H groups in total. The third kappa shape index (κ3) is 2.36. The quantitative estimate of drug-likeness (QED) is 0.702. The maximum atomic E-state index is 12.7. The number of hydrogen-bond acceptors (Lipinski definition) is 3. The molecule has 1 unspecified atom stereocenters. The lowest BCUT2D eigenvalue weighted by atomic mass is 9.71. The summed E-state index contributed by atoms with van der Waals surface area (Å²) in [6, 6.07) is 0. The van der Waals surface area contributed by atoms with Crippen LogP contribution in [0.25, 0.3) is 0 Å². The first-order valence-corrected chi connectivity index (χ1v) is 6.88. The van der Waals surface area contributed by atoms with E-state index in [1.807, 2.05) is 20.8 Å². The van der Waals surface area contributed by atoms with Crippen LogP contribution in [0.1, 0.15) is 40.0 Å². The largest absolute Gasteiger partial charge is 0.465 e. The third-order valence-electron chi connectivity index (χ3n) is 4.71. The first-order valence-electron chi connectivity index (χ1n) is 6.88. The maximum Gasteiger partial charge on any atom is 0.407 e. The van der Waals surface area contributed by atoms with Crippen LogP contribution in [-0.2, 0) is 4.79 Å². The summed E-state index contributed by atoms with van der Waals surface area (Å²) in [6.07, 6.45) is 0.0576. The van der Waals surface area contributed by atoms with Crippen LogP contribution < -0.4 is 0 Å².